The SMILES string of the molecule is O=C(N[C@@H]1CC2CCC1N2)c1ccc(-c2ccc([N+](=O)[O-])cc2)o1. The van der Waals surface area contributed by atoms with Crippen molar-refractivity contribution < 1.29 is 14.1 Å². The van der Waals surface area contributed by atoms with Gasteiger partial charge >= 0.3 is 0 Å². The molecule has 4 rings (SSSR count). The van der Waals surface area contributed by atoms with Gasteiger partial charge in [-0.05, 0) is 43.5 Å². The van der Waals surface area contributed by atoms with Crippen molar-refractivity contribution in [3.05, 3.63) is 52.3 Å². The van der Waals surface area contributed by atoms with Gasteiger partial charge in [-0.1, -0.05) is 0 Å². The molecule has 7 heteroatoms. The number of hydrogen-bond donors (Lipinski definition) is 2. The van der Waals surface area contributed by atoms with E-state index in [9.17, 15) is 14.9 Å². The summed E-state index contributed by atoms with van der Waals surface area (Å²) in [5, 5.41) is 17.2. The third-order valence-corrected chi connectivity index (χ3v) is 4.81. The number of hydrogen-bond acceptors (Lipinski definition) is 5. The zero-order valence-electron chi connectivity index (χ0n) is 12.9. The number of rotatable bonds is 4. The largest absolute Gasteiger partial charge is 0.451 e. The molecule has 0 aliphatic carbocycles. The lowest BCUT2D eigenvalue weighted by Gasteiger charge is -2.20. The van der Waals surface area contributed by atoms with Crippen LogP contribution in [-0.2, 0) is 0 Å². The number of nitro groups is 1. The number of nitro benzene ring substituents is 1. The number of benzene rings is 1. The second-order valence-electron chi connectivity index (χ2n) is 6.33. The number of amides is 1. The number of carbonyl (C=O) groups is 1. The van der Waals surface area contributed by atoms with Crippen molar-refractivity contribution in [2.75, 3.05) is 0 Å². The first-order chi connectivity index (χ1) is 11.6. The van der Waals surface area contributed by atoms with E-state index in [1.165, 1.54) is 18.6 Å². The molecule has 2 bridgehead atoms. The Bertz CT molecular complexity index is 783. The molecule has 0 spiro atoms. The van der Waals surface area contributed by atoms with E-state index in [0.29, 0.717) is 23.4 Å². The normalized spacial score (nSPS) is 24.9. The van der Waals surface area contributed by atoms with Crippen molar-refractivity contribution in [3.8, 4) is 11.3 Å². The maximum Gasteiger partial charge on any atom is 0.287 e. The fourth-order valence-corrected chi connectivity index (χ4v) is 3.59. The predicted molar refractivity (Wildman–Crippen MR) is 86.6 cm³/mol. The van der Waals surface area contributed by atoms with Crippen LogP contribution in [0.15, 0.2) is 40.8 Å². The van der Waals surface area contributed by atoms with Gasteiger partial charge in [0, 0.05) is 35.8 Å². The molecule has 2 aliphatic rings. The molecule has 2 fully saturated rings. The van der Waals surface area contributed by atoms with Crippen LogP contribution in [-0.4, -0.2) is 29.0 Å². The minimum absolute atomic E-state index is 0.0204. The van der Waals surface area contributed by atoms with Crippen molar-refractivity contribution in [2.24, 2.45) is 0 Å². The summed E-state index contributed by atoms with van der Waals surface area (Å²) in [5.41, 5.74) is 0.716. The smallest absolute Gasteiger partial charge is 0.287 e. The number of non-ortho nitro benzene ring substituents is 1. The molecule has 2 aliphatic heterocycles. The molecule has 2 saturated heterocycles. The highest BCUT2D eigenvalue weighted by molar-refractivity contribution is 5.92. The highest BCUT2D eigenvalue weighted by atomic mass is 16.6. The molecule has 0 radical (unpaired) electrons. The van der Waals surface area contributed by atoms with Crippen LogP contribution in [0.4, 0.5) is 5.69 Å². The Morgan fingerprint density at radius 1 is 1.21 bits per heavy atom. The van der Waals surface area contributed by atoms with Gasteiger partial charge in [0.1, 0.15) is 5.76 Å². The molecule has 7 nitrogen and oxygen atoms in total. The Morgan fingerprint density at radius 3 is 2.62 bits per heavy atom. The topological polar surface area (TPSA) is 97.4 Å². The van der Waals surface area contributed by atoms with Crippen LogP contribution in [0.2, 0.25) is 0 Å². The van der Waals surface area contributed by atoms with E-state index in [-0.39, 0.29) is 23.4 Å². The quantitative estimate of drug-likeness (QED) is 0.664. The van der Waals surface area contributed by atoms with Crippen molar-refractivity contribution in [2.45, 2.75) is 37.4 Å². The summed E-state index contributed by atoms with van der Waals surface area (Å²) in [6, 6.07) is 10.4. The molecule has 2 unspecified atom stereocenters. The first kappa shape index (κ1) is 14.9. The number of furan rings is 1. The summed E-state index contributed by atoms with van der Waals surface area (Å²) in [6.45, 7) is 0. The maximum atomic E-state index is 12.3. The van der Waals surface area contributed by atoms with E-state index in [1.807, 2.05) is 0 Å². The monoisotopic (exact) mass is 327 g/mol. The molecule has 2 aromatic rings. The van der Waals surface area contributed by atoms with Gasteiger partial charge in [0.05, 0.1) is 4.92 Å². The van der Waals surface area contributed by atoms with Gasteiger partial charge in [0.15, 0.2) is 5.76 Å². The van der Waals surface area contributed by atoms with Crippen LogP contribution < -0.4 is 10.6 Å². The minimum atomic E-state index is -0.450. The second kappa shape index (κ2) is 5.76. The van der Waals surface area contributed by atoms with Crippen LogP contribution in [0.1, 0.15) is 29.8 Å². The van der Waals surface area contributed by atoms with Gasteiger partial charge in [0.2, 0.25) is 0 Å². The highest BCUT2D eigenvalue weighted by Crippen LogP contribution is 2.29. The minimum Gasteiger partial charge on any atom is -0.451 e. The zero-order valence-corrected chi connectivity index (χ0v) is 12.9. The fraction of sp³-hybridized carbons (Fsp3) is 0.353. The molecule has 3 atom stereocenters. The van der Waals surface area contributed by atoms with E-state index in [1.54, 1.807) is 24.3 Å². The number of nitrogens with one attached hydrogen (secondary N) is 2. The highest BCUT2D eigenvalue weighted by Gasteiger charge is 2.39. The number of nitrogens with zero attached hydrogens (tertiary/aromatic N) is 1. The zero-order chi connectivity index (χ0) is 16.7. The maximum absolute atomic E-state index is 12.3. The van der Waals surface area contributed by atoms with Crippen molar-refractivity contribution in [3.63, 3.8) is 0 Å². The van der Waals surface area contributed by atoms with Gasteiger partial charge in [-0.3, -0.25) is 14.9 Å². The average Bonchev–Trinajstić information content (AvgIpc) is 3.31. The lowest BCUT2D eigenvalue weighted by atomic mass is 9.95. The van der Waals surface area contributed by atoms with Crippen molar-refractivity contribution in [1.82, 2.24) is 10.6 Å². The molecular formula is C17H17N3O4. The van der Waals surface area contributed by atoms with Crippen molar-refractivity contribution in [1.29, 1.82) is 0 Å². The van der Waals surface area contributed by atoms with Gasteiger partial charge in [-0.2, -0.15) is 0 Å². The number of carbonyl (C=O) groups excluding carboxylic acids is 1. The lowest BCUT2D eigenvalue weighted by molar-refractivity contribution is -0.384. The summed E-state index contributed by atoms with van der Waals surface area (Å²) < 4.78 is 5.62. The summed E-state index contributed by atoms with van der Waals surface area (Å²) in [4.78, 5) is 22.6. The van der Waals surface area contributed by atoms with Crippen molar-refractivity contribution >= 4 is 11.6 Å². The van der Waals surface area contributed by atoms with E-state index in [2.05, 4.69) is 10.6 Å². The Morgan fingerprint density at radius 2 is 2.00 bits per heavy atom. The summed E-state index contributed by atoms with van der Waals surface area (Å²) >= 11 is 0. The molecule has 24 heavy (non-hydrogen) atoms. The van der Waals surface area contributed by atoms with Crippen LogP contribution in [0.25, 0.3) is 11.3 Å². The molecule has 124 valence electrons. The molecule has 1 amide bonds. The van der Waals surface area contributed by atoms with E-state index >= 15 is 0 Å². The van der Waals surface area contributed by atoms with Crippen LogP contribution in [0.3, 0.4) is 0 Å². The molecular weight excluding hydrogens is 310 g/mol. The van der Waals surface area contributed by atoms with Gasteiger partial charge in [-0.25, -0.2) is 0 Å². The van der Waals surface area contributed by atoms with Crippen LogP contribution >= 0.6 is 0 Å². The Kier molecular flexibility index (Phi) is 3.57. The van der Waals surface area contributed by atoms with E-state index in [4.69, 9.17) is 4.42 Å². The molecule has 0 saturated carbocycles. The number of fused-ring (bicyclic) bond motifs is 2. The van der Waals surface area contributed by atoms with E-state index < -0.39 is 4.92 Å². The summed E-state index contributed by atoms with van der Waals surface area (Å²) in [5.74, 6) is 0.551. The predicted octanol–water partition coefficient (Wildman–Crippen LogP) is 2.48. The molecule has 1 aromatic heterocycles. The average molecular weight is 327 g/mol. The first-order valence-electron chi connectivity index (χ1n) is 8.02. The van der Waals surface area contributed by atoms with Gasteiger partial charge in [0.25, 0.3) is 11.6 Å². The Balaban J connectivity index is 1.46. The third kappa shape index (κ3) is 2.67. The first-order valence-corrected chi connectivity index (χ1v) is 8.02. The van der Waals surface area contributed by atoms with Gasteiger partial charge < -0.3 is 15.1 Å². The van der Waals surface area contributed by atoms with Gasteiger partial charge in [-0.15, -0.1) is 0 Å². The molecule has 2 N–H and O–H groups in total. The van der Waals surface area contributed by atoms with E-state index in [0.717, 1.165) is 12.8 Å². The lowest BCUT2D eigenvalue weighted by Crippen LogP contribution is -2.42. The van der Waals surface area contributed by atoms with Crippen LogP contribution in [0.5, 0.6) is 0 Å². The Hall–Kier alpha value is -2.67. The fourth-order valence-electron chi connectivity index (χ4n) is 3.59. The third-order valence-electron chi connectivity index (χ3n) is 4.81. The molecule has 1 aromatic carbocycles. The Labute approximate surface area is 138 Å². The molecule has 3 heterocycles. The summed E-state index contributed by atoms with van der Waals surface area (Å²) in [7, 11) is 0. The standard InChI is InChI=1S/C17H17N3O4/c21-17(19-14-9-11-3-6-13(14)18-11)16-8-7-15(24-16)10-1-4-12(5-2-10)20(22)23/h1-2,4-5,7-8,11,13-14,18H,3,6,9H2,(H,19,21)/t11?,13?,14-/m1/s1. The second-order valence-corrected chi connectivity index (χ2v) is 6.33. The summed E-state index contributed by atoms with van der Waals surface area (Å²) in [6.07, 6.45) is 3.25. The van der Waals surface area contributed by atoms with Crippen LogP contribution in [0, 0.1) is 10.1 Å².